The van der Waals surface area contributed by atoms with Crippen molar-refractivity contribution in [2.75, 3.05) is 4.90 Å². The number of benzene rings is 1. The summed E-state index contributed by atoms with van der Waals surface area (Å²) in [5.74, 6) is -1.83. The predicted octanol–water partition coefficient (Wildman–Crippen LogP) is 2.30. The third-order valence-electron chi connectivity index (χ3n) is 2.96. The van der Waals surface area contributed by atoms with Gasteiger partial charge in [-0.2, -0.15) is 13.2 Å². The summed E-state index contributed by atoms with van der Waals surface area (Å²) in [5.41, 5.74) is -2.10. The molecular formula is C13H6F3N3O2. The molecule has 0 N–H and O–H groups in total. The standard InChI is InChI=1S/C13H6F3N3O2/c14-13(15,16)7-3-1-2-4-8(7)19-11(20)9-10(12(19)21)18-6-5-17-9/h1-6H. The summed E-state index contributed by atoms with van der Waals surface area (Å²) in [6.07, 6.45) is -2.29. The van der Waals surface area contributed by atoms with Crippen LogP contribution in [-0.2, 0) is 6.18 Å². The average Bonchev–Trinajstić information content (AvgIpc) is 2.71. The highest BCUT2D eigenvalue weighted by atomic mass is 19.4. The molecule has 2 heterocycles. The minimum atomic E-state index is -4.69. The van der Waals surface area contributed by atoms with Crippen molar-refractivity contribution in [3.8, 4) is 0 Å². The van der Waals surface area contributed by atoms with Crippen molar-refractivity contribution in [1.82, 2.24) is 9.97 Å². The summed E-state index contributed by atoms with van der Waals surface area (Å²) < 4.78 is 39.0. The summed E-state index contributed by atoms with van der Waals surface area (Å²) in [4.78, 5) is 32.1. The summed E-state index contributed by atoms with van der Waals surface area (Å²) in [6.45, 7) is 0. The topological polar surface area (TPSA) is 63.2 Å². The third kappa shape index (κ3) is 1.95. The fraction of sp³-hybridized carbons (Fsp3) is 0.0769. The Labute approximate surface area is 116 Å². The van der Waals surface area contributed by atoms with Gasteiger partial charge in [0.1, 0.15) is 0 Å². The van der Waals surface area contributed by atoms with Gasteiger partial charge in [0.2, 0.25) is 0 Å². The molecule has 106 valence electrons. The molecule has 0 saturated heterocycles. The second-order valence-corrected chi connectivity index (χ2v) is 4.21. The van der Waals surface area contributed by atoms with Crippen LogP contribution in [0.4, 0.5) is 18.9 Å². The quantitative estimate of drug-likeness (QED) is 0.757. The van der Waals surface area contributed by atoms with Crippen LogP contribution in [0.15, 0.2) is 36.7 Å². The molecule has 3 rings (SSSR count). The molecule has 0 radical (unpaired) electrons. The Balaban J connectivity index is 2.17. The Morgan fingerprint density at radius 2 is 1.43 bits per heavy atom. The van der Waals surface area contributed by atoms with Crippen LogP contribution in [0.25, 0.3) is 0 Å². The number of alkyl halides is 3. The zero-order valence-electron chi connectivity index (χ0n) is 10.3. The van der Waals surface area contributed by atoms with Crippen LogP contribution in [-0.4, -0.2) is 21.8 Å². The van der Waals surface area contributed by atoms with E-state index in [0.717, 1.165) is 12.1 Å². The number of halogens is 3. The molecule has 0 aliphatic carbocycles. The lowest BCUT2D eigenvalue weighted by molar-refractivity contribution is -0.137. The number of aromatic nitrogens is 2. The number of hydrogen-bond donors (Lipinski definition) is 0. The minimum Gasteiger partial charge on any atom is -0.266 e. The van der Waals surface area contributed by atoms with Crippen molar-refractivity contribution in [3.63, 3.8) is 0 Å². The van der Waals surface area contributed by atoms with Crippen LogP contribution in [0.1, 0.15) is 26.5 Å². The van der Waals surface area contributed by atoms with E-state index in [1.807, 2.05) is 0 Å². The van der Waals surface area contributed by atoms with Gasteiger partial charge in [0, 0.05) is 12.4 Å². The van der Waals surface area contributed by atoms with E-state index in [1.54, 1.807) is 0 Å². The number of fused-ring (bicyclic) bond motifs is 1. The van der Waals surface area contributed by atoms with Crippen molar-refractivity contribution in [2.24, 2.45) is 0 Å². The molecule has 5 nitrogen and oxygen atoms in total. The van der Waals surface area contributed by atoms with E-state index in [0.29, 0.717) is 4.90 Å². The van der Waals surface area contributed by atoms with Gasteiger partial charge >= 0.3 is 6.18 Å². The Morgan fingerprint density at radius 1 is 0.905 bits per heavy atom. The van der Waals surface area contributed by atoms with E-state index in [4.69, 9.17) is 0 Å². The van der Waals surface area contributed by atoms with Gasteiger partial charge in [0.25, 0.3) is 11.8 Å². The van der Waals surface area contributed by atoms with Gasteiger partial charge in [0.15, 0.2) is 11.4 Å². The van der Waals surface area contributed by atoms with Crippen LogP contribution in [0.5, 0.6) is 0 Å². The van der Waals surface area contributed by atoms with Crippen LogP contribution in [0, 0.1) is 0 Å². The first-order chi connectivity index (χ1) is 9.91. The van der Waals surface area contributed by atoms with Crippen molar-refractivity contribution in [2.45, 2.75) is 6.18 Å². The normalized spacial score (nSPS) is 14.5. The summed E-state index contributed by atoms with van der Waals surface area (Å²) in [7, 11) is 0. The van der Waals surface area contributed by atoms with E-state index < -0.39 is 29.2 Å². The van der Waals surface area contributed by atoms with Gasteiger partial charge < -0.3 is 0 Å². The Morgan fingerprint density at radius 3 is 1.95 bits per heavy atom. The van der Waals surface area contributed by atoms with E-state index in [9.17, 15) is 22.8 Å². The van der Waals surface area contributed by atoms with Gasteiger partial charge in [-0.05, 0) is 12.1 Å². The second kappa shape index (κ2) is 4.37. The molecule has 0 atom stereocenters. The van der Waals surface area contributed by atoms with Crippen LogP contribution >= 0.6 is 0 Å². The van der Waals surface area contributed by atoms with Crippen LogP contribution in [0.3, 0.4) is 0 Å². The number of carbonyl (C=O) groups excluding carboxylic acids is 2. The van der Waals surface area contributed by atoms with Crippen molar-refractivity contribution < 1.29 is 22.8 Å². The molecule has 0 bridgehead atoms. The van der Waals surface area contributed by atoms with Gasteiger partial charge in [-0.15, -0.1) is 0 Å². The highest BCUT2D eigenvalue weighted by Crippen LogP contribution is 2.38. The van der Waals surface area contributed by atoms with Gasteiger partial charge in [-0.1, -0.05) is 12.1 Å². The number of carbonyl (C=O) groups is 2. The lowest BCUT2D eigenvalue weighted by Crippen LogP contribution is -2.31. The van der Waals surface area contributed by atoms with Gasteiger partial charge in [0.05, 0.1) is 11.3 Å². The number of rotatable bonds is 1. The fourth-order valence-electron chi connectivity index (χ4n) is 2.08. The number of nitrogens with zero attached hydrogens (tertiary/aromatic N) is 3. The molecule has 0 unspecified atom stereocenters. The monoisotopic (exact) mass is 293 g/mol. The maximum Gasteiger partial charge on any atom is 0.418 e. The molecule has 8 heteroatoms. The molecule has 1 aliphatic heterocycles. The first-order valence-corrected chi connectivity index (χ1v) is 5.77. The molecule has 1 aliphatic rings. The number of anilines is 1. The summed E-state index contributed by atoms with van der Waals surface area (Å²) in [6, 6.07) is 4.36. The first kappa shape index (κ1) is 13.2. The second-order valence-electron chi connectivity index (χ2n) is 4.21. The van der Waals surface area contributed by atoms with Crippen LogP contribution in [0.2, 0.25) is 0 Å². The zero-order chi connectivity index (χ0) is 15.2. The maximum absolute atomic E-state index is 13.0. The van der Waals surface area contributed by atoms with E-state index in [1.165, 1.54) is 24.5 Å². The summed E-state index contributed by atoms with van der Waals surface area (Å²) in [5, 5.41) is 0. The zero-order valence-corrected chi connectivity index (χ0v) is 10.3. The minimum absolute atomic E-state index is 0.250. The smallest absolute Gasteiger partial charge is 0.266 e. The lowest BCUT2D eigenvalue weighted by Gasteiger charge is -2.18. The lowest BCUT2D eigenvalue weighted by atomic mass is 10.1. The highest BCUT2D eigenvalue weighted by molar-refractivity contribution is 6.33. The maximum atomic E-state index is 13.0. The molecule has 1 aromatic heterocycles. The molecule has 2 amide bonds. The number of hydrogen-bond acceptors (Lipinski definition) is 4. The summed E-state index contributed by atoms with van der Waals surface area (Å²) >= 11 is 0. The Bertz CT molecular complexity index is 723. The molecule has 0 fully saturated rings. The SMILES string of the molecule is O=C1c2nccnc2C(=O)N1c1ccccc1C(F)(F)F. The largest absolute Gasteiger partial charge is 0.418 e. The molecule has 2 aromatic rings. The molecule has 0 spiro atoms. The molecular weight excluding hydrogens is 287 g/mol. The molecule has 0 saturated carbocycles. The Hall–Kier alpha value is -2.77. The van der Waals surface area contributed by atoms with E-state index >= 15 is 0 Å². The van der Waals surface area contributed by atoms with E-state index in [2.05, 4.69) is 9.97 Å². The predicted molar refractivity (Wildman–Crippen MR) is 64.6 cm³/mol. The number of amides is 2. The molecule has 1 aromatic carbocycles. The van der Waals surface area contributed by atoms with Crippen molar-refractivity contribution in [3.05, 3.63) is 53.6 Å². The van der Waals surface area contributed by atoms with Gasteiger partial charge in [-0.3, -0.25) is 9.59 Å². The first-order valence-electron chi connectivity index (χ1n) is 5.77. The van der Waals surface area contributed by atoms with Crippen LogP contribution < -0.4 is 4.90 Å². The van der Waals surface area contributed by atoms with Crippen molar-refractivity contribution in [1.29, 1.82) is 0 Å². The number of para-hydroxylation sites is 1. The highest BCUT2D eigenvalue weighted by Gasteiger charge is 2.43. The molecule has 21 heavy (non-hydrogen) atoms. The van der Waals surface area contributed by atoms with Gasteiger partial charge in [-0.25, -0.2) is 14.9 Å². The fourth-order valence-corrected chi connectivity index (χ4v) is 2.08. The third-order valence-corrected chi connectivity index (χ3v) is 2.96. The van der Waals surface area contributed by atoms with Crippen molar-refractivity contribution >= 4 is 17.5 Å². The van der Waals surface area contributed by atoms with E-state index in [-0.39, 0.29) is 11.4 Å². The number of imide groups is 1. The Kier molecular flexibility index (Phi) is 2.75. The average molecular weight is 293 g/mol.